The monoisotopic (exact) mass is 1150 g/mol. The maximum absolute atomic E-state index is 12.4. The molecule has 18 rings (SSSR count). The van der Waals surface area contributed by atoms with E-state index in [0.717, 1.165) is 82.2 Å². The maximum atomic E-state index is 12.4. The Morgan fingerprint density at radius 1 is 0.341 bits per heavy atom. The second-order valence-electron chi connectivity index (χ2n) is 21.6. The number of fused-ring (bicyclic) bond motifs is 16. The standard InChI is InChI=1S/C30H18N2O3.C30H18N2O.C18H15P.CH4/c33-32(34)28-18-27-24(20-11-4-6-15-26(20)31(27)19-9-2-1-3-10-19)17-25(28)23-14-8-13-22-21-12-5-7-16-29(21)35-30(22)23;1-2-8-18(9-3-1)32-26-12-6-4-10-19(26)22-16-23-25(17-27(22)32)31-24-15-14-21-20-11-5-7-13-28(20)33-30(21)29(23)24;1-4-10-16(11-5-1)19(17-12-6-2-7-13-17)18-14-8-3-9-15-18;/h1-18H;1-17,31H;1-15H;1H4. The van der Waals surface area contributed by atoms with E-state index in [1.54, 1.807) is 6.07 Å². The van der Waals surface area contributed by atoms with Crippen molar-refractivity contribution in [2.45, 2.75) is 7.43 Å². The lowest BCUT2D eigenvalue weighted by Crippen LogP contribution is -2.20. The van der Waals surface area contributed by atoms with Crippen LogP contribution < -0.4 is 15.9 Å². The summed E-state index contributed by atoms with van der Waals surface area (Å²) < 4.78 is 17.0. The molecule has 0 fully saturated rings. The first-order valence-electron chi connectivity index (χ1n) is 29.0. The summed E-state index contributed by atoms with van der Waals surface area (Å²) in [7, 11) is -0.446. The van der Waals surface area contributed by atoms with Crippen LogP contribution in [0.3, 0.4) is 0 Å². The molecule has 0 aliphatic carbocycles. The Morgan fingerprint density at radius 2 is 0.773 bits per heavy atom. The number of nitro benzene ring substituents is 1. The van der Waals surface area contributed by atoms with Gasteiger partial charge in [0.15, 0.2) is 0 Å². The minimum atomic E-state index is -0.446. The fourth-order valence-electron chi connectivity index (χ4n) is 12.8. The quantitative estimate of drug-likeness (QED) is 0.0977. The molecule has 0 amide bonds. The van der Waals surface area contributed by atoms with Crippen molar-refractivity contribution in [2.24, 2.45) is 0 Å². The molecular formula is C79H55N4O4P. The van der Waals surface area contributed by atoms with Crippen molar-refractivity contribution in [1.29, 1.82) is 0 Å². The van der Waals surface area contributed by atoms with Crippen molar-refractivity contribution >= 4 is 139 Å². The fourth-order valence-corrected chi connectivity index (χ4v) is 15.2. The largest absolute Gasteiger partial charge is 0.455 e. The van der Waals surface area contributed by atoms with Crippen LogP contribution in [0.2, 0.25) is 0 Å². The van der Waals surface area contributed by atoms with E-state index >= 15 is 0 Å². The number of aromatic nitrogens is 3. The Morgan fingerprint density at radius 3 is 1.31 bits per heavy atom. The molecular weight excluding hydrogens is 1100 g/mol. The number of benzene rings is 13. The van der Waals surface area contributed by atoms with Crippen molar-refractivity contribution in [3.05, 3.63) is 313 Å². The highest BCUT2D eigenvalue weighted by atomic mass is 31.1. The molecule has 5 aromatic heterocycles. The van der Waals surface area contributed by atoms with Crippen LogP contribution in [0.15, 0.2) is 312 Å². The Hall–Kier alpha value is -11.3. The van der Waals surface area contributed by atoms with Crippen LogP contribution in [0.4, 0.5) is 5.69 Å². The topological polar surface area (TPSA) is 95.1 Å². The molecule has 0 saturated carbocycles. The Labute approximate surface area is 507 Å². The molecule has 9 heteroatoms. The summed E-state index contributed by atoms with van der Waals surface area (Å²) in [6.07, 6.45) is 0. The van der Waals surface area contributed by atoms with Crippen molar-refractivity contribution in [3.63, 3.8) is 0 Å². The lowest BCUT2D eigenvalue weighted by atomic mass is 9.98. The van der Waals surface area contributed by atoms with E-state index < -0.39 is 7.92 Å². The van der Waals surface area contributed by atoms with Gasteiger partial charge in [0.05, 0.1) is 43.5 Å². The van der Waals surface area contributed by atoms with Crippen LogP contribution in [0.5, 0.6) is 0 Å². The molecule has 13 aromatic carbocycles. The van der Waals surface area contributed by atoms with Gasteiger partial charge in [0, 0.05) is 77.0 Å². The van der Waals surface area contributed by atoms with Crippen molar-refractivity contribution < 1.29 is 13.8 Å². The number of furan rings is 2. The van der Waals surface area contributed by atoms with Gasteiger partial charge in [-0.05, 0) is 103 Å². The molecule has 0 aliphatic heterocycles. The molecule has 5 heterocycles. The van der Waals surface area contributed by atoms with E-state index in [9.17, 15) is 10.1 Å². The van der Waals surface area contributed by atoms with E-state index in [2.05, 4.69) is 202 Å². The predicted molar refractivity (Wildman–Crippen MR) is 369 cm³/mol. The first-order valence-corrected chi connectivity index (χ1v) is 30.3. The molecule has 0 radical (unpaired) electrons. The van der Waals surface area contributed by atoms with Crippen LogP contribution in [-0.4, -0.2) is 19.0 Å². The molecule has 0 aliphatic rings. The third-order valence-corrected chi connectivity index (χ3v) is 19.1. The summed E-state index contributed by atoms with van der Waals surface area (Å²) in [5.74, 6) is 0. The summed E-state index contributed by atoms with van der Waals surface area (Å²) in [6.45, 7) is 0. The number of hydrogen-bond acceptors (Lipinski definition) is 4. The number of nitrogens with one attached hydrogen (secondary N) is 1. The minimum absolute atomic E-state index is 0. The van der Waals surface area contributed by atoms with E-state index in [-0.39, 0.29) is 18.0 Å². The highest BCUT2D eigenvalue weighted by Crippen LogP contribution is 2.45. The van der Waals surface area contributed by atoms with E-state index in [0.29, 0.717) is 16.7 Å². The molecule has 0 atom stereocenters. The molecule has 8 nitrogen and oxygen atoms in total. The molecule has 420 valence electrons. The summed E-state index contributed by atoms with van der Waals surface area (Å²) in [5.41, 5.74) is 13.1. The molecule has 0 saturated heterocycles. The number of H-pyrrole nitrogens is 1. The van der Waals surface area contributed by atoms with Crippen LogP contribution in [0.25, 0.3) is 132 Å². The van der Waals surface area contributed by atoms with E-state index in [1.165, 1.54) is 48.8 Å². The second kappa shape index (κ2) is 22.3. The smallest absolute Gasteiger partial charge is 0.279 e. The van der Waals surface area contributed by atoms with Crippen LogP contribution in [0.1, 0.15) is 7.43 Å². The van der Waals surface area contributed by atoms with Crippen molar-refractivity contribution in [1.82, 2.24) is 14.1 Å². The summed E-state index contributed by atoms with van der Waals surface area (Å²) in [4.78, 5) is 15.7. The van der Waals surface area contributed by atoms with Crippen LogP contribution in [-0.2, 0) is 0 Å². The van der Waals surface area contributed by atoms with Gasteiger partial charge in [0.2, 0.25) is 0 Å². The Kier molecular flexibility index (Phi) is 13.5. The predicted octanol–water partition coefficient (Wildman–Crippen LogP) is 20.7. The first kappa shape index (κ1) is 53.4. The molecule has 1 N–H and O–H groups in total. The Balaban J connectivity index is 0.000000115. The molecule has 0 unspecified atom stereocenters. The van der Waals surface area contributed by atoms with Gasteiger partial charge in [-0.2, -0.15) is 0 Å². The number of aromatic amines is 1. The lowest BCUT2D eigenvalue weighted by molar-refractivity contribution is -0.384. The molecule has 0 spiro atoms. The second-order valence-corrected chi connectivity index (χ2v) is 23.9. The van der Waals surface area contributed by atoms with Gasteiger partial charge >= 0.3 is 0 Å². The number of nitro groups is 1. The van der Waals surface area contributed by atoms with Gasteiger partial charge in [-0.25, -0.2) is 0 Å². The normalized spacial score (nSPS) is 11.5. The van der Waals surface area contributed by atoms with Gasteiger partial charge in [-0.15, -0.1) is 0 Å². The third-order valence-electron chi connectivity index (χ3n) is 16.7. The zero-order chi connectivity index (χ0) is 58.0. The van der Waals surface area contributed by atoms with Gasteiger partial charge in [0.25, 0.3) is 5.69 Å². The zero-order valence-electron chi connectivity index (χ0n) is 46.8. The highest BCUT2D eigenvalue weighted by molar-refractivity contribution is 7.79. The number of hydrogen-bond donors (Lipinski definition) is 1. The number of para-hydroxylation sites is 7. The SMILES string of the molecule is C.O=[N+]([O-])c1cc2c(cc1-c1cccc3c1oc1ccccc13)c1ccccc1n2-c1ccccc1.c1ccc(-n2c3ccccc3c3cc4c(cc32)[nH]c2ccc3c5ccccc5oc3c24)cc1.c1ccc(P(c2ccccc2)c2ccccc2)cc1. The summed E-state index contributed by atoms with van der Waals surface area (Å²) >= 11 is 0. The average molecular weight is 1160 g/mol. The first-order chi connectivity index (χ1) is 43.0. The summed E-state index contributed by atoms with van der Waals surface area (Å²) in [6, 6.07) is 104. The Bertz CT molecular complexity index is 5520. The van der Waals surface area contributed by atoms with Gasteiger partial charge in [0.1, 0.15) is 22.3 Å². The van der Waals surface area contributed by atoms with Crippen molar-refractivity contribution in [3.8, 4) is 22.5 Å². The van der Waals surface area contributed by atoms with Crippen LogP contribution in [0, 0.1) is 10.1 Å². The van der Waals surface area contributed by atoms with Crippen LogP contribution >= 0.6 is 7.92 Å². The highest BCUT2D eigenvalue weighted by Gasteiger charge is 2.25. The maximum Gasteiger partial charge on any atom is 0.279 e. The molecule has 0 bridgehead atoms. The average Bonchev–Trinajstić information content (AvgIpc) is 1.72. The number of rotatable bonds is 7. The number of nitrogens with zero attached hydrogens (tertiary/aromatic N) is 3. The molecule has 18 aromatic rings. The van der Waals surface area contributed by atoms with Crippen molar-refractivity contribution in [2.75, 3.05) is 0 Å². The lowest BCUT2D eigenvalue weighted by Gasteiger charge is -2.18. The van der Waals surface area contributed by atoms with E-state index in [1.807, 2.05) is 109 Å². The zero-order valence-corrected chi connectivity index (χ0v) is 47.7. The van der Waals surface area contributed by atoms with Gasteiger partial charge in [-0.1, -0.05) is 226 Å². The van der Waals surface area contributed by atoms with Gasteiger partial charge < -0.3 is 23.0 Å². The fraction of sp³-hybridized carbons (Fsp3) is 0.0127. The summed E-state index contributed by atoms with van der Waals surface area (Å²) in [5, 5.41) is 27.7. The minimum Gasteiger partial charge on any atom is -0.455 e. The third kappa shape index (κ3) is 9.05. The van der Waals surface area contributed by atoms with E-state index in [4.69, 9.17) is 8.83 Å². The van der Waals surface area contributed by atoms with Gasteiger partial charge in [-0.3, -0.25) is 10.1 Å². The molecule has 88 heavy (non-hydrogen) atoms.